The van der Waals surface area contributed by atoms with E-state index < -0.39 is 0 Å². The van der Waals surface area contributed by atoms with Crippen LogP contribution in [0.4, 0.5) is 0 Å². The highest BCUT2D eigenvalue weighted by molar-refractivity contribution is 5.29. The molecule has 1 aromatic heterocycles. The molecular formula is C12H21N3O2. The van der Waals surface area contributed by atoms with Crippen LogP contribution in [0.1, 0.15) is 31.5 Å². The smallest absolute Gasteiger partial charge is 0.161 e. The van der Waals surface area contributed by atoms with Crippen LogP contribution >= 0.6 is 0 Å². The molecule has 0 spiro atoms. The highest BCUT2D eigenvalue weighted by atomic mass is 16.5. The number of rotatable bonds is 5. The van der Waals surface area contributed by atoms with Crippen LogP contribution < -0.4 is 10.1 Å². The summed E-state index contributed by atoms with van der Waals surface area (Å²) in [6, 6.07) is 0.157. The summed E-state index contributed by atoms with van der Waals surface area (Å²) in [7, 11) is 3.62. The molecule has 2 rings (SSSR count). The van der Waals surface area contributed by atoms with Gasteiger partial charge in [0.2, 0.25) is 0 Å². The summed E-state index contributed by atoms with van der Waals surface area (Å²) in [5, 5.41) is 7.73. The number of nitrogens with zero attached hydrogens (tertiary/aromatic N) is 2. The zero-order valence-electron chi connectivity index (χ0n) is 10.8. The first-order chi connectivity index (χ1) is 8.27. The van der Waals surface area contributed by atoms with Crippen LogP contribution in [0.3, 0.4) is 0 Å². The maximum absolute atomic E-state index is 5.79. The minimum Gasteiger partial charge on any atom is -0.493 e. The van der Waals surface area contributed by atoms with Crippen molar-refractivity contribution in [2.45, 2.75) is 31.9 Å². The third-order valence-corrected chi connectivity index (χ3v) is 3.22. The van der Waals surface area contributed by atoms with Crippen LogP contribution in [0.25, 0.3) is 0 Å². The number of aryl methyl sites for hydroxylation is 1. The van der Waals surface area contributed by atoms with Crippen molar-refractivity contribution in [3.05, 3.63) is 11.9 Å². The molecule has 1 saturated heterocycles. The van der Waals surface area contributed by atoms with Crippen LogP contribution in [0.15, 0.2) is 6.20 Å². The van der Waals surface area contributed by atoms with Gasteiger partial charge in [-0.25, -0.2) is 0 Å². The lowest BCUT2D eigenvalue weighted by atomic mass is 10.0. The largest absolute Gasteiger partial charge is 0.493 e. The Hall–Kier alpha value is -1.07. The first-order valence-corrected chi connectivity index (χ1v) is 6.18. The van der Waals surface area contributed by atoms with Crippen molar-refractivity contribution in [2.24, 2.45) is 7.05 Å². The lowest BCUT2D eigenvalue weighted by Crippen LogP contribution is -2.33. The van der Waals surface area contributed by atoms with E-state index in [2.05, 4.69) is 17.3 Å². The molecular weight excluding hydrogens is 218 g/mol. The lowest BCUT2D eigenvalue weighted by molar-refractivity contribution is 0.0754. The molecule has 0 aliphatic carbocycles. The molecule has 5 nitrogen and oxygen atoms in total. The topological polar surface area (TPSA) is 48.3 Å². The Kier molecular flexibility index (Phi) is 4.02. The summed E-state index contributed by atoms with van der Waals surface area (Å²) < 4.78 is 13.0. The van der Waals surface area contributed by atoms with Crippen molar-refractivity contribution in [1.82, 2.24) is 15.1 Å². The van der Waals surface area contributed by atoms with Crippen LogP contribution in [0.2, 0.25) is 0 Å². The summed E-state index contributed by atoms with van der Waals surface area (Å²) in [5.74, 6) is 0.828. The van der Waals surface area contributed by atoms with E-state index in [9.17, 15) is 0 Å². The van der Waals surface area contributed by atoms with Gasteiger partial charge in [0.05, 0.1) is 31.1 Å². The summed E-state index contributed by atoms with van der Waals surface area (Å²) in [5.41, 5.74) is 1.07. The monoisotopic (exact) mass is 239 g/mol. The molecule has 0 amide bonds. The van der Waals surface area contributed by atoms with Crippen molar-refractivity contribution >= 4 is 0 Å². The Bertz CT molecular complexity index is 359. The normalized spacial score (nSPS) is 21.7. The van der Waals surface area contributed by atoms with Crippen LogP contribution in [-0.2, 0) is 11.8 Å². The van der Waals surface area contributed by atoms with E-state index >= 15 is 0 Å². The molecule has 5 heteroatoms. The second kappa shape index (κ2) is 5.51. The average Bonchev–Trinajstić information content (AvgIpc) is 2.95. The van der Waals surface area contributed by atoms with Gasteiger partial charge in [0.25, 0.3) is 0 Å². The van der Waals surface area contributed by atoms with Gasteiger partial charge in [0.15, 0.2) is 5.75 Å². The van der Waals surface area contributed by atoms with Crippen molar-refractivity contribution in [1.29, 1.82) is 0 Å². The van der Waals surface area contributed by atoms with E-state index in [0.29, 0.717) is 0 Å². The second-order valence-corrected chi connectivity index (χ2v) is 4.31. The molecule has 1 N–H and O–H groups in total. The number of methoxy groups -OCH3 is 1. The molecule has 17 heavy (non-hydrogen) atoms. The first kappa shape index (κ1) is 12.4. The molecule has 0 radical (unpaired) electrons. The number of nitrogens with one attached hydrogen (secondary N) is 1. The third-order valence-electron chi connectivity index (χ3n) is 3.22. The Morgan fingerprint density at radius 1 is 1.71 bits per heavy atom. The number of ether oxygens (including phenoxy) is 2. The van der Waals surface area contributed by atoms with Crippen molar-refractivity contribution < 1.29 is 9.47 Å². The Balaban J connectivity index is 2.27. The molecule has 1 aliphatic rings. The van der Waals surface area contributed by atoms with Gasteiger partial charge in [0.1, 0.15) is 0 Å². The zero-order chi connectivity index (χ0) is 12.3. The molecule has 2 unspecified atom stereocenters. The van der Waals surface area contributed by atoms with Gasteiger partial charge in [-0.3, -0.25) is 4.68 Å². The molecule has 1 fully saturated rings. The SMILES string of the molecule is CCNC(c1c(OC)cnn1C)C1CCCO1. The fourth-order valence-corrected chi connectivity index (χ4v) is 2.43. The fraction of sp³-hybridized carbons (Fsp3) is 0.750. The van der Waals surface area contributed by atoms with Gasteiger partial charge < -0.3 is 14.8 Å². The van der Waals surface area contributed by atoms with E-state index in [-0.39, 0.29) is 12.1 Å². The summed E-state index contributed by atoms with van der Waals surface area (Å²) in [4.78, 5) is 0. The summed E-state index contributed by atoms with van der Waals surface area (Å²) in [6.45, 7) is 3.86. The second-order valence-electron chi connectivity index (χ2n) is 4.31. The summed E-state index contributed by atoms with van der Waals surface area (Å²) >= 11 is 0. The third kappa shape index (κ3) is 2.45. The predicted octanol–water partition coefficient (Wildman–Crippen LogP) is 1.26. The van der Waals surface area contributed by atoms with Crippen LogP contribution in [-0.4, -0.2) is 36.1 Å². The summed E-state index contributed by atoms with van der Waals surface area (Å²) in [6.07, 6.45) is 4.20. The first-order valence-electron chi connectivity index (χ1n) is 6.18. The van der Waals surface area contributed by atoms with Crippen molar-refractivity contribution in [3.8, 4) is 5.75 Å². The molecule has 1 aromatic rings. The van der Waals surface area contributed by atoms with E-state index in [4.69, 9.17) is 9.47 Å². The minimum absolute atomic E-state index is 0.157. The molecule has 2 atom stereocenters. The van der Waals surface area contributed by atoms with Gasteiger partial charge >= 0.3 is 0 Å². The Morgan fingerprint density at radius 2 is 2.53 bits per heavy atom. The number of hydrogen-bond acceptors (Lipinski definition) is 4. The highest BCUT2D eigenvalue weighted by Crippen LogP contribution is 2.31. The fourth-order valence-electron chi connectivity index (χ4n) is 2.43. The average molecular weight is 239 g/mol. The van der Waals surface area contributed by atoms with Gasteiger partial charge in [0, 0.05) is 13.7 Å². The minimum atomic E-state index is 0.157. The van der Waals surface area contributed by atoms with E-state index in [1.54, 1.807) is 13.3 Å². The van der Waals surface area contributed by atoms with Gasteiger partial charge in [-0.05, 0) is 19.4 Å². The lowest BCUT2D eigenvalue weighted by Gasteiger charge is -2.24. The van der Waals surface area contributed by atoms with E-state index in [1.165, 1.54) is 0 Å². The van der Waals surface area contributed by atoms with E-state index in [1.807, 2.05) is 11.7 Å². The maximum atomic E-state index is 5.79. The molecule has 1 aliphatic heterocycles. The van der Waals surface area contributed by atoms with Gasteiger partial charge in [-0.15, -0.1) is 0 Å². The zero-order valence-corrected chi connectivity index (χ0v) is 10.8. The molecule has 0 aromatic carbocycles. The quantitative estimate of drug-likeness (QED) is 0.840. The molecule has 0 saturated carbocycles. The van der Waals surface area contributed by atoms with Crippen LogP contribution in [0, 0.1) is 0 Å². The van der Waals surface area contributed by atoms with E-state index in [0.717, 1.165) is 37.4 Å². The maximum Gasteiger partial charge on any atom is 0.161 e. The Morgan fingerprint density at radius 3 is 3.12 bits per heavy atom. The molecule has 96 valence electrons. The number of likely N-dealkylation sites (N-methyl/N-ethyl adjacent to an activating group) is 1. The standard InChI is InChI=1S/C12H21N3O2/c1-4-13-11(9-6-5-7-17-9)12-10(16-3)8-14-15(12)2/h8-9,11,13H,4-7H2,1-3H3. The van der Waals surface area contributed by atoms with Crippen molar-refractivity contribution in [3.63, 3.8) is 0 Å². The number of aromatic nitrogens is 2. The van der Waals surface area contributed by atoms with Crippen molar-refractivity contribution in [2.75, 3.05) is 20.3 Å². The van der Waals surface area contributed by atoms with Gasteiger partial charge in [-0.1, -0.05) is 6.92 Å². The Labute approximate surface area is 102 Å². The molecule has 2 heterocycles. The predicted molar refractivity (Wildman–Crippen MR) is 65.2 cm³/mol. The molecule has 0 bridgehead atoms. The number of hydrogen-bond donors (Lipinski definition) is 1. The van der Waals surface area contributed by atoms with Crippen LogP contribution in [0.5, 0.6) is 5.75 Å². The van der Waals surface area contributed by atoms with Gasteiger partial charge in [-0.2, -0.15) is 5.10 Å². The highest BCUT2D eigenvalue weighted by Gasteiger charge is 2.31.